The Morgan fingerprint density at radius 1 is 1.03 bits per heavy atom. The van der Waals surface area contributed by atoms with Crippen LogP contribution in [-0.4, -0.2) is 63.6 Å². The number of aromatic nitrogens is 4. The summed E-state index contributed by atoms with van der Waals surface area (Å²) in [6.45, 7) is 6.80. The zero-order valence-corrected chi connectivity index (χ0v) is 17.6. The van der Waals surface area contributed by atoms with Gasteiger partial charge in [0.1, 0.15) is 30.0 Å². The molecule has 0 atom stereocenters. The van der Waals surface area contributed by atoms with Crippen molar-refractivity contribution in [2.45, 2.75) is 20.3 Å². The zero-order chi connectivity index (χ0) is 21.1. The van der Waals surface area contributed by atoms with Gasteiger partial charge in [0.2, 0.25) is 5.91 Å². The van der Waals surface area contributed by atoms with Gasteiger partial charge in [0.25, 0.3) is 0 Å². The van der Waals surface area contributed by atoms with Crippen molar-refractivity contribution in [3.05, 3.63) is 59.9 Å². The molecule has 1 aliphatic rings. The minimum Gasteiger partial charge on any atom is -0.496 e. The number of amides is 1. The summed E-state index contributed by atoms with van der Waals surface area (Å²) < 4.78 is 7.33. The standard InChI is InChI=1S/C22H26N6O2/c1-16-17(2)28(15-25-16)21-13-20(23-14-24-21)26-8-10-27(11-9-26)22(29)12-18-6-4-5-7-19(18)30-3/h4-7,13-15H,8-12H2,1-3H3. The average Bonchev–Trinajstić information content (AvgIpc) is 3.12. The van der Waals surface area contributed by atoms with E-state index in [1.807, 2.05) is 53.6 Å². The number of imidazole rings is 1. The Labute approximate surface area is 176 Å². The van der Waals surface area contributed by atoms with Crippen LogP contribution in [0.1, 0.15) is 17.0 Å². The van der Waals surface area contributed by atoms with Crippen LogP contribution in [0.4, 0.5) is 5.82 Å². The number of methoxy groups -OCH3 is 1. The number of hydrogen-bond donors (Lipinski definition) is 0. The number of nitrogens with zero attached hydrogens (tertiary/aromatic N) is 6. The normalized spacial score (nSPS) is 14.1. The molecule has 8 nitrogen and oxygen atoms in total. The molecule has 1 amide bonds. The Hall–Kier alpha value is -3.42. The van der Waals surface area contributed by atoms with Crippen LogP contribution >= 0.6 is 0 Å². The average molecular weight is 406 g/mol. The molecule has 0 saturated carbocycles. The number of aryl methyl sites for hydroxylation is 1. The first-order valence-corrected chi connectivity index (χ1v) is 10.0. The number of piperazine rings is 1. The lowest BCUT2D eigenvalue weighted by Gasteiger charge is -2.35. The third kappa shape index (κ3) is 3.98. The summed E-state index contributed by atoms with van der Waals surface area (Å²) in [5.41, 5.74) is 2.96. The van der Waals surface area contributed by atoms with Gasteiger partial charge in [-0.3, -0.25) is 9.36 Å². The molecule has 0 spiro atoms. The number of rotatable bonds is 5. The summed E-state index contributed by atoms with van der Waals surface area (Å²) in [5.74, 6) is 2.53. The van der Waals surface area contributed by atoms with E-state index >= 15 is 0 Å². The molecule has 1 fully saturated rings. The molecule has 156 valence electrons. The molecule has 0 unspecified atom stereocenters. The van der Waals surface area contributed by atoms with E-state index in [0.29, 0.717) is 19.5 Å². The number of hydrogen-bond acceptors (Lipinski definition) is 6. The Balaban J connectivity index is 1.40. The van der Waals surface area contributed by atoms with Crippen LogP contribution in [0, 0.1) is 13.8 Å². The first kappa shape index (κ1) is 19.9. The minimum absolute atomic E-state index is 0.118. The van der Waals surface area contributed by atoms with E-state index in [9.17, 15) is 4.79 Å². The highest BCUT2D eigenvalue weighted by molar-refractivity contribution is 5.79. The summed E-state index contributed by atoms with van der Waals surface area (Å²) >= 11 is 0. The number of benzene rings is 1. The van der Waals surface area contributed by atoms with E-state index in [2.05, 4.69) is 19.9 Å². The minimum atomic E-state index is 0.118. The largest absolute Gasteiger partial charge is 0.496 e. The summed E-state index contributed by atoms with van der Waals surface area (Å²) in [7, 11) is 1.63. The van der Waals surface area contributed by atoms with Crippen molar-refractivity contribution >= 4 is 11.7 Å². The monoisotopic (exact) mass is 406 g/mol. The molecule has 30 heavy (non-hydrogen) atoms. The molecule has 3 heterocycles. The van der Waals surface area contributed by atoms with E-state index in [-0.39, 0.29) is 5.91 Å². The third-order valence-electron chi connectivity index (χ3n) is 5.63. The number of carbonyl (C=O) groups is 1. The number of para-hydroxylation sites is 1. The second-order valence-corrected chi connectivity index (χ2v) is 7.38. The van der Waals surface area contributed by atoms with Crippen molar-refractivity contribution in [1.29, 1.82) is 0 Å². The Morgan fingerprint density at radius 3 is 2.47 bits per heavy atom. The molecule has 4 rings (SSSR count). The van der Waals surface area contributed by atoms with Crippen molar-refractivity contribution in [1.82, 2.24) is 24.4 Å². The van der Waals surface area contributed by atoms with Crippen LogP contribution in [0.15, 0.2) is 43.0 Å². The molecule has 0 bridgehead atoms. The van der Waals surface area contributed by atoms with Gasteiger partial charge in [-0.1, -0.05) is 18.2 Å². The molecule has 1 aliphatic heterocycles. The van der Waals surface area contributed by atoms with Gasteiger partial charge >= 0.3 is 0 Å². The highest BCUT2D eigenvalue weighted by Gasteiger charge is 2.23. The van der Waals surface area contributed by atoms with Crippen molar-refractivity contribution in [2.24, 2.45) is 0 Å². The maximum absolute atomic E-state index is 12.8. The predicted octanol–water partition coefficient (Wildman–Crippen LogP) is 2.18. The maximum atomic E-state index is 12.8. The summed E-state index contributed by atoms with van der Waals surface area (Å²) in [5, 5.41) is 0. The van der Waals surface area contributed by atoms with E-state index < -0.39 is 0 Å². The lowest BCUT2D eigenvalue weighted by Crippen LogP contribution is -2.49. The molecule has 3 aromatic rings. The van der Waals surface area contributed by atoms with Crippen molar-refractivity contribution < 1.29 is 9.53 Å². The van der Waals surface area contributed by atoms with Crippen molar-refractivity contribution in [2.75, 3.05) is 38.2 Å². The Kier molecular flexibility index (Phi) is 5.65. The molecule has 2 aromatic heterocycles. The lowest BCUT2D eigenvalue weighted by atomic mass is 10.1. The predicted molar refractivity (Wildman–Crippen MR) is 114 cm³/mol. The second kappa shape index (κ2) is 8.52. The van der Waals surface area contributed by atoms with E-state index in [1.54, 1.807) is 19.8 Å². The van der Waals surface area contributed by atoms with E-state index in [0.717, 1.165) is 47.4 Å². The molecule has 1 saturated heterocycles. The van der Waals surface area contributed by atoms with Gasteiger partial charge < -0.3 is 14.5 Å². The molecule has 1 aromatic carbocycles. The van der Waals surface area contributed by atoms with Gasteiger partial charge in [0, 0.05) is 43.5 Å². The van der Waals surface area contributed by atoms with E-state index in [4.69, 9.17) is 4.74 Å². The van der Waals surface area contributed by atoms with Crippen LogP contribution in [-0.2, 0) is 11.2 Å². The van der Waals surface area contributed by atoms with E-state index in [1.165, 1.54) is 0 Å². The fraction of sp³-hybridized carbons (Fsp3) is 0.364. The van der Waals surface area contributed by atoms with Crippen LogP contribution in [0.3, 0.4) is 0 Å². The molecule has 8 heteroatoms. The molecule has 0 N–H and O–H groups in total. The quantitative estimate of drug-likeness (QED) is 0.646. The molecule has 0 radical (unpaired) electrons. The fourth-order valence-corrected chi connectivity index (χ4v) is 3.68. The first-order valence-electron chi connectivity index (χ1n) is 10.0. The zero-order valence-electron chi connectivity index (χ0n) is 17.6. The topological polar surface area (TPSA) is 76.4 Å². The number of ether oxygens (including phenoxy) is 1. The van der Waals surface area contributed by atoms with Gasteiger partial charge in [-0.25, -0.2) is 15.0 Å². The van der Waals surface area contributed by atoms with Gasteiger partial charge in [-0.05, 0) is 19.9 Å². The van der Waals surface area contributed by atoms with Crippen LogP contribution < -0.4 is 9.64 Å². The SMILES string of the molecule is COc1ccccc1CC(=O)N1CCN(c2cc(-n3cnc(C)c3C)ncn2)CC1. The number of carbonyl (C=O) groups excluding carboxylic acids is 1. The fourth-order valence-electron chi connectivity index (χ4n) is 3.68. The highest BCUT2D eigenvalue weighted by Crippen LogP contribution is 2.21. The van der Waals surface area contributed by atoms with Crippen molar-refractivity contribution in [3.63, 3.8) is 0 Å². The summed E-state index contributed by atoms with van der Waals surface area (Å²) in [6.07, 6.45) is 3.71. The molecular formula is C22H26N6O2. The summed E-state index contributed by atoms with van der Waals surface area (Å²) in [4.78, 5) is 30.1. The molecular weight excluding hydrogens is 380 g/mol. The van der Waals surface area contributed by atoms with Crippen LogP contribution in [0.2, 0.25) is 0 Å². The van der Waals surface area contributed by atoms with Crippen LogP contribution in [0.25, 0.3) is 5.82 Å². The van der Waals surface area contributed by atoms with Gasteiger partial charge in [-0.15, -0.1) is 0 Å². The second-order valence-electron chi connectivity index (χ2n) is 7.38. The lowest BCUT2D eigenvalue weighted by molar-refractivity contribution is -0.130. The highest BCUT2D eigenvalue weighted by atomic mass is 16.5. The summed E-state index contributed by atoms with van der Waals surface area (Å²) in [6, 6.07) is 9.64. The molecule has 0 aliphatic carbocycles. The maximum Gasteiger partial charge on any atom is 0.227 e. The van der Waals surface area contributed by atoms with Gasteiger partial charge in [-0.2, -0.15) is 0 Å². The number of anilines is 1. The van der Waals surface area contributed by atoms with Gasteiger partial charge in [0.05, 0.1) is 19.2 Å². The third-order valence-corrected chi connectivity index (χ3v) is 5.63. The first-order chi connectivity index (χ1) is 14.6. The van der Waals surface area contributed by atoms with Crippen LogP contribution in [0.5, 0.6) is 5.75 Å². The smallest absolute Gasteiger partial charge is 0.227 e. The van der Waals surface area contributed by atoms with Crippen molar-refractivity contribution in [3.8, 4) is 11.6 Å². The van der Waals surface area contributed by atoms with Gasteiger partial charge in [0.15, 0.2) is 0 Å². The Morgan fingerprint density at radius 2 is 1.77 bits per heavy atom. The Bertz CT molecular complexity index is 1040.